The number of aryl methyl sites for hydroxylation is 2. The summed E-state index contributed by atoms with van der Waals surface area (Å²) < 4.78 is 1.67. The van der Waals surface area contributed by atoms with Gasteiger partial charge in [-0.3, -0.25) is 4.79 Å². The van der Waals surface area contributed by atoms with E-state index in [1.54, 1.807) is 16.8 Å². The number of pyridine rings is 1. The van der Waals surface area contributed by atoms with Gasteiger partial charge in [-0.25, -0.2) is 9.67 Å². The summed E-state index contributed by atoms with van der Waals surface area (Å²) in [6.07, 6.45) is -0.449. The number of carbonyl (C=O) groups is 1. The van der Waals surface area contributed by atoms with Crippen LogP contribution >= 0.6 is 24.0 Å². The summed E-state index contributed by atoms with van der Waals surface area (Å²) in [6.45, 7) is 5.41. The van der Waals surface area contributed by atoms with Crippen molar-refractivity contribution in [3.63, 3.8) is 0 Å². The lowest BCUT2D eigenvalue weighted by molar-refractivity contribution is 0.0922. The van der Waals surface area contributed by atoms with Gasteiger partial charge >= 0.3 is 0 Å². The fraction of sp³-hybridized carbons (Fsp3) is 0.438. The van der Waals surface area contributed by atoms with Gasteiger partial charge in [-0.15, -0.1) is 12.4 Å². The van der Waals surface area contributed by atoms with Gasteiger partial charge in [0.1, 0.15) is 5.69 Å². The highest BCUT2D eigenvalue weighted by atomic mass is 35.5. The van der Waals surface area contributed by atoms with Gasteiger partial charge in [-0.1, -0.05) is 11.6 Å². The molecule has 2 atom stereocenters. The molecule has 0 spiro atoms. The Labute approximate surface area is 157 Å². The summed E-state index contributed by atoms with van der Waals surface area (Å²) in [6, 6.07) is 5.30. The van der Waals surface area contributed by atoms with Crippen LogP contribution in [0.15, 0.2) is 18.2 Å². The first-order valence-corrected chi connectivity index (χ1v) is 8.20. The average Bonchev–Trinajstić information content (AvgIpc) is 3.10. The zero-order valence-corrected chi connectivity index (χ0v) is 15.6. The van der Waals surface area contributed by atoms with E-state index in [4.69, 9.17) is 11.6 Å². The van der Waals surface area contributed by atoms with E-state index in [0.29, 0.717) is 25.5 Å². The largest absolute Gasteiger partial charge is 0.391 e. The van der Waals surface area contributed by atoms with Crippen LogP contribution in [0.1, 0.15) is 21.9 Å². The Balaban J connectivity index is 0.00000225. The molecule has 3 N–H and O–H groups in total. The van der Waals surface area contributed by atoms with Gasteiger partial charge in [-0.2, -0.15) is 5.10 Å². The van der Waals surface area contributed by atoms with Crippen LogP contribution in [0.25, 0.3) is 5.82 Å². The zero-order valence-electron chi connectivity index (χ0n) is 14.0. The lowest BCUT2D eigenvalue weighted by Crippen LogP contribution is -2.35. The second-order valence-corrected chi connectivity index (χ2v) is 6.44. The molecule has 2 unspecified atom stereocenters. The number of rotatable bonds is 4. The van der Waals surface area contributed by atoms with E-state index >= 15 is 0 Å². The fourth-order valence-corrected chi connectivity index (χ4v) is 3.00. The minimum atomic E-state index is -0.449. The summed E-state index contributed by atoms with van der Waals surface area (Å²) in [5.74, 6) is 0.173. The number of aromatic nitrogens is 3. The summed E-state index contributed by atoms with van der Waals surface area (Å²) in [5.41, 5.74) is 1.95. The Morgan fingerprint density at radius 2 is 2.20 bits per heavy atom. The van der Waals surface area contributed by atoms with Crippen molar-refractivity contribution in [3.05, 3.63) is 40.3 Å². The summed E-state index contributed by atoms with van der Waals surface area (Å²) >= 11 is 6.13. The molecule has 1 saturated heterocycles. The molecular formula is C16H21Cl2N5O2. The molecule has 0 aromatic carbocycles. The maximum atomic E-state index is 12.4. The Morgan fingerprint density at radius 3 is 2.80 bits per heavy atom. The van der Waals surface area contributed by atoms with Crippen LogP contribution < -0.4 is 10.6 Å². The van der Waals surface area contributed by atoms with E-state index in [0.717, 1.165) is 11.4 Å². The summed E-state index contributed by atoms with van der Waals surface area (Å²) in [7, 11) is 0. The first-order chi connectivity index (χ1) is 11.5. The van der Waals surface area contributed by atoms with E-state index in [2.05, 4.69) is 20.7 Å². The molecule has 7 nitrogen and oxygen atoms in total. The van der Waals surface area contributed by atoms with Gasteiger partial charge in [0.2, 0.25) is 0 Å². The van der Waals surface area contributed by atoms with Crippen LogP contribution in [0.3, 0.4) is 0 Å². The standard InChI is InChI=1S/C16H20ClN5O2.ClH/c1-9-5-10(2)22(21-9)14-4-3-12(17)15(20-14)16(24)19-7-11-6-18-8-13(11)23;/h3-5,11,13,18,23H,6-8H2,1-2H3,(H,19,24);1H. The summed E-state index contributed by atoms with van der Waals surface area (Å²) in [5, 5.41) is 20.3. The molecular weight excluding hydrogens is 365 g/mol. The Kier molecular flexibility index (Phi) is 6.40. The highest BCUT2D eigenvalue weighted by Crippen LogP contribution is 2.18. The maximum absolute atomic E-state index is 12.4. The predicted octanol–water partition coefficient (Wildman–Crippen LogP) is 1.27. The van der Waals surface area contributed by atoms with E-state index in [1.807, 2.05) is 19.9 Å². The number of amides is 1. The van der Waals surface area contributed by atoms with Crippen molar-refractivity contribution in [1.82, 2.24) is 25.4 Å². The molecule has 0 saturated carbocycles. The molecule has 3 rings (SSSR count). The topological polar surface area (TPSA) is 92.1 Å². The number of nitrogens with zero attached hydrogens (tertiary/aromatic N) is 3. The monoisotopic (exact) mass is 385 g/mol. The Hall–Kier alpha value is -1.67. The van der Waals surface area contributed by atoms with Crippen molar-refractivity contribution >= 4 is 29.9 Å². The van der Waals surface area contributed by atoms with Crippen LogP contribution in [-0.4, -0.2) is 51.5 Å². The number of hydrogen-bond donors (Lipinski definition) is 3. The third-order valence-corrected chi connectivity index (χ3v) is 4.41. The van der Waals surface area contributed by atoms with Gasteiger partial charge in [0.15, 0.2) is 5.82 Å². The van der Waals surface area contributed by atoms with E-state index in [1.165, 1.54) is 0 Å². The molecule has 0 radical (unpaired) electrons. The predicted molar refractivity (Wildman–Crippen MR) is 97.8 cm³/mol. The quantitative estimate of drug-likeness (QED) is 0.736. The molecule has 136 valence electrons. The minimum Gasteiger partial charge on any atom is -0.391 e. The van der Waals surface area contributed by atoms with Crippen molar-refractivity contribution in [2.45, 2.75) is 20.0 Å². The minimum absolute atomic E-state index is 0. The molecule has 0 bridgehead atoms. The lowest BCUT2D eigenvalue weighted by Gasteiger charge is -2.14. The molecule has 1 aliphatic rings. The van der Waals surface area contributed by atoms with Crippen LogP contribution in [-0.2, 0) is 0 Å². The van der Waals surface area contributed by atoms with Crippen molar-refractivity contribution in [1.29, 1.82) is 0 Å². The molecule has 9 heteroatoms. The van der Waals surface area contributed by atoms with Crippen molar-refractivity contribution in [2.24, 2.45) is 5.92 Å². The van der Waals surface area contributed by atoms with Gasteiger partial charge in [-0.05, 0) is 32.0 Å². The number of β-amino-alcohol motifs (C(OH)–C–C–N with tert-alkyl or cyclic N) is 1. The highest BCUT2D eigenvalue weighted by Gasteiger charge is 2.25. The van der Waals surface area contributed by atoms with Gasteiger partial charge in [0, 0.05) is 31.2 Å². The molecule has 1 amide bonds. The maximum Gasteiger partial charge on any atom is 0.271 e. The number of hydrogen-bond acceptors (Lipinski definition) is 5. The number of halogens is 2. The SMILES string of the molecule is Cc1cc(C)n(-c2ccc(Cl)c(C(=O)NCC3CNCC3O)n2)n1.Cl. The van der Waals surface area contributed by atoms with Crippen LogP contribution in [0.5, 0.6) is 0 Å². The average molecular weight is 386 g/mol. The third-order valence-electron chi connectivity index (χ3n) is 4.10. The number of nitrogens with one attached hydrogen (secondary N) is 2. The zero-order chi connectivity index (χ0) is 17.3. The molecule has 25 heavy (non-hydrogen) atoms. The summed E-state index contributed by atoms with van der Waals surface area (Å²) in [4.78, 5) is 16.8. The van der Waals surface area contributed by atoms with Gasteiger partial charge < -0.3 is 15.7 Å². The van der Waals surface area contributed by atoms with E-state index in [-0.39, 0.29) is 34.9 Å². The second kappa shape index (κ2) is 8.14. The molecule has 1 fully saturated rings. The van der Waals surface area contributed by atoms with Gasteiger partial charge in [0.05, 0.1) is 16.8 Å². The molecule has 0 aliphatic carbocycles. The lowest BCUT2D eigenvalue weighted by atomic mass is 10.1. The third kappa shape index (κ3) is 4.30. The highest BCUT2D eigenvalue weighted by molar-refractivity contribution is 6.33. The smallest absolute Gasteiger partial charge is 0.271 e. The van der Waals surface area contributed by atoms with Crippen LogP contribution in [0, 0.1) is 19.8 Å². The van der Waals surface area contributed by atoms with Crippen molar-refractivity contribution in [2.75, 3.05) is 19.6 Å². The van der Waals surface area contributed by atoms with Crippen LogP contribution in [0.2, 0.25) is 5.02 Å². The van der Waals surface area contributed by atoms with Crippen molar-refractivity contribution in [3.8, 4) is 5.82 Å². The Bertz CT molecular complexity index is 765. The normalized spacial score (nSPS) is 19.5. The number of aliphatic hydroxyl groups is 1. The Morgan fingerprint density at radius 1 is 1.44 bits per heavy atom. The van der Waals surface area contributed by atoms with E-state index < -0.39 is 6.10 Å². The van der Waals surface area contributed by atoms with Gasteiger partial charge in [0.25, 0.3) is 5.91 Å². The molecule has 3 heterocycles. The molecule has 1 aliphatic heterocycles. The molecule has 2 aromatic heterocycles. The number of aliphatic hydroxyl groups excluding tert-OH is 1. The second-order valence-electron chi connectivity index (χ2n) is 6.03. The first-order valence-electron chi connectivity index (χ1n) is 7.83. The molecule has 2 aromatic rings. The van der Waals surface area contributed by atoms with E-state index in [9.17, 15) is 9.90 Å². The van der Waals surface area contributed by atoms with Crippen LogP contribution in [0.4, 0.5) is 0 Å². The van der Waals surface area contributed by atoms with Crippen molar-refractivity contribution < 1.29 is 9.90 Å². The fourth-order valence-electron chi connectivity index (χ4n) is 2.80. The first kappa shape index (κ1) is 19.7. The number of carbonyl (C=O) groups excluding carboxylic acids is 1.